The Morgan fingerprint density at radius 3 is 2.85 bits per heavy atom. The van der Waals surface area contributed by atoms with Gasteiger partial charge in [-0.2, -0.15) is 0 Å². The van der Waals surface area contributed by atoms with Gasteiger partial charge in [0.15, 0.2) is 0 Å². The van der Waals surface area contributed by atoms with Crippen molar-refractivity contribution >= 4 is 6.29 Å². The topological polar surface area (TPSA) is 26.3 Å². The number of hydrogen-bond donors (Lipinski definition) is 0. The van der Waals surface area contributed by atoms with Gasteiger partial charge < -0.3 is 4.74 Å². The van der Waals surface area contributed by atoms with Crippen LogP contribution in [0.25, 0.3) is 0 Å². The lowest BCUT2D eigenvalue weighted by molar-refractivity contribution is 0.112. The number of carbonyl (C=O) groups is 1. The van der Waals surface area contributed by atoms with Crippen LogP contribution in [0.1, 0.15) is 28.8 Å². The molecular weight excluding hydrogens is 164 g/mol. The third-order valence-corrected chi connectivity index (χ3v) is 2.20. The monoisotopic (exact) mass is 176 g/mol. The summed E-state index contributed by atoms with van der Waals surface area (Å²) in [5.74, 6) is 0.815. The van der Waals surface area contributed by atoms with Crippen LogP contribution in [-0.4, -0.2) is 12.4 Å². The van der Waals surface area contributed by atoms with Crippen LogP contribution in [0, 0.1) is 6.92 Å². The van der Waals surface area contributed by atoms with E-state index in [0.717, 1.165) is 36.0 Å². The van der Waals surface area contributed by atoms with Crippen LogP contribution >= 0.6 is 0 Å². The van der Waals surface area contributed by atoms with E-state index in [1.54, 1.807) is 6.07 Å². The second-order valence-electron chi connectivity index (χ2n) is 3.45. The molecule has 1 fully saturated rings. The second-order valence-corrected chi connectivity index (χ2v) is 3.45. The molecule has 13 heavy (non-hydrogen) atoms. The highest BCUT2D eigenvalue weighted by atomic mass is 16.5. The third kappa shape index (κ3) is 1.89. The van der Waals surface area contributed by atoms with Crippen molar-refractivity contribution in [2.24, 2.45) is 0 Å². The average molecular weight is 176 g/mol. The van der Waals surface area contributed by atoms with Crippen molar-refractivity contribution < 1.29 is 9.53 Å². The van der Waals surface area contributed by atoms with Crippen molar-refractivity contribution in [3.05, 3.63) is 29.3 Å². The van der Waals surface area contributed by atoms with Gasteiger partial charge in [-0.25, -0.2) is 0 Å². The Balaban J connectivity index is 2.20. The molecule has 0 N–H and O–H groups in total. The molecule has 0 aromatic heterocycles. The largest absolute Gasteiger partial charge is 0.490 e. The van der Waals surface area contributed by atoms with E-state index >= 15 is 0 Å². The minimum atomic E-state index is 0.391. The third-order valence-electron chi connectivity index (χ3n) is 2.20. The molecule has 1 aliphatic carbocycles. The molecule has 0 spiro atoms. The Morgan fingerprint density at radius 1 is 1.46 bits per heavy atom. The molecule has 2 rings (SSSR count). The highest BCUT2D eigenvalue weighted by Gasteiger charge is 2.23. The van der Waals surface area contributed by atoms with Crippen molar-refractivity contribution in [3.8, 4) is 5.75 Å². The molecule has 1 aliphatic rings. The van der Waals surface area contributed by atoms with E-state index in [2.05, 4.69) is 0 Å². The number of aldehydes is 1. The van der Waals surface area contributed by atoms with Crippen molar-refractivity contribution in [2.45, 2.75) is 25.9 Å². The zero-order valence-electron chi connectivity index (χ0n) is 7.62. The molecule has 0 amide bonds. The molecule has 1 aromatic rings. The number of rotatable bonds is 3. The van der Waals surface area contributed by atoms with E-state index in [9.17, 15) is 4.79 Å². The van der Waals surface area contributed by atoms with Crippen LogP contribution in [0.3, 0.4) is 0 Å². The smallest absolute Gasteiger partial charge is 0.150 e. The highest BCUT2D eigenvalue weighted by molar-refractivity contribution is 5.77. The molecule has 0 radical (unpaired) electrons. The molecule has 1 aromatic carbocycles. The summed E-state index contributed by atoms with van der Waals surface area (Å²) in [7, 11) is 0. The van der Waals surface area contributed by atoms with Crippen LogP contribution in [0.15, 0.2) is 18.2 Å². The number of ether oxygens (including phenoxy) is 1. The summed E-state index contributed by atoms with van der Waals surface area (Å²) in [6, 6.07) is 5.64. The lowest BCUT2D eigenvalue weighted by Crippen LogP contribution is -1.97. The molecule has 0 bridgehead atoms. The maximum Gasteiger partial charge on any atom is 0.150 e. The predicted octanol–water partition coefficient (Wildman–Crippen LogP) is 2.35. The second kappa shape index (κ2) is 3.21. The molecule has 0 atom stereocenters. The van der Waals surface area contributed by atoms with Gasteiger partial charge in [0.2, 0.25) is 0 Å². The molecule has 0 unspecified atom stereocenters. The molecule has 1 saturated carbocycles. The van der Waals surface area contributed by atoms with E-state index in [1.165, 1.54) is 0 Å². The summed E-state index contributed by atoms with van der Waals surface area (Å²) >= 11 is 0. The Kier molecular flexibility index (Phi) is 2.05. The average Bonchev–Trinajstić information content (AvgIpc) is 2.92. The Hall–Kier alpha value is -1.31. The fourth-order valence-corrected chi connectivity index (χ4v) is 1.20. The van der Waals surface area contributed by atoms with Crippen LogP contribution in [0.4, 0.5) is 0 Å². The van der Waals surface area contributed by atoms with Gasteiger partial charge in [-0.3, -0.25) is 4.79 Å². The summed E-state index contributed by atoms with van der Waals surface area (Å²) < 4.78 is 5.56. The summed E-state index contributed by atoms with van der Waals surface area (Å²) in [4.78, 5) is 10.6. The Labute approximate surface area is 77.5 Å². The van der Waals surface area contributed by atoms with Crippen LogP contribution in [0.5, 0.6) is 5.75 Å². The molecular formula is C11H12O2. The first-order valence-corrected chi connectivity index (χ1v) is 4.52. The quantitative estimate of drug-likeness (QED) is 0.661. The minimum absolute atomic E-state index is 0.391. The van der Waals surface area contributed by atoms with Crippen LogP contribution in [0.2, 0.25) is 0 Å². The van der Waals surface area contributed by atoms with E-state index in [1.807, 2.05) is 19.1 Å². The van der Waals surface area contributed by atoms with Gasteiger partial charge >= 0.3 is 0 Å². The van der Waals surface area contributed by atoms with E-state index < -0.39 is 0 Å². The number of aryl methyl sites for hydroxylation is 1. The van der Waals surface area contributed by atoms with E-state index in [4.69, 9.17) is 4.74 Å². The highest BCUT2D eigenvalue weighted by Crippen LogP contribution is 2.27. The van der Waals surface area contributed by atoms with Crippen LogP contribution < -0.4 is 4.74 Å². The SMILES string of the molecule is Cc1ccc(OC2CC2)cc1C=O. The van der Waals surface area contributed by atoms with Gasteiger partial charge in [0.05, 0.1) is 6.10 Å². The Bertz CT molecular complexity index is 327. The number of hydrogen-bond acceptors (Lipinski definition) is 2. The van der Waals surface area contributed by atoms with Crippen molar-refractivity contribution in [3.63, 3.8) is 0 Å². The summed E-state index contributed by atoms with van der Waals surface area (Å²) in [5.41, 5.74) is 1.72. The van der Waals surface area contributed by atoms with Crippen molar-refractivity contribution in [2.75, 3.05) is 0 Å². The van der Waals surface area contributed by atoms with Gasteiger partial charge in [0.1, 0.15) is 12.0 Å². The summed E-state index contributed by atoms with van der Waals surface area (Å²) in [6.07, 6.45) is 3.55. The standard InChI is InChI=1S/C11H12O2/c1-8-2-3-11(6-9(8)7-12)13-10-4-5-10/h2-3,6-7,10H,4-5H2,1H3. The molecule has 0 heterocycles. The molecule has 2 heteroatoms. The molecule has 68 valence electrons. The lowest BCUT2D eigenvalue weighted by atomic mass is 10.1. The summed E-state index contributed by atoms with van der Waals surface area (Å²) in [6.45, 7) is 1.92. The summed E-state index contributed by atoms with van der Waals surface area (Å²) in [5, 5.41) is 0. The first-order valence-electron chi connectivity index (χ1n) is 4.52. The van der Waals surface area contributed by atoms with E-state index in [0.29, 0.717) is 6.10 Å². The zero-order chi connectivity index (χ0) is 9.26. The number of carbonyl (C=O) groups excluding carboxylic acids is 1. The molecule has 0 aliphatic heterocycles. The molecule has 2 nitrogen and oxygen atoms in total. The van der Waals surface area contributed by atoms with Gasteiger partial charge in [-0.05, 0) is 37.5 Å². The minimum Gasteiger partial charge on any atom is -0.490 e. The zero-order valence-corrected chi connectivity index (χ0v) is 7.62. The van der Waals surface area contributed by atoms with Gasteiger partial charge in [-0.1, -0.05) is 6.07 Å². The fourth-order valence-electron chi connectivity index (χ4n) is 1.20. The van der Waals surface area contributed by atoms with Gasteiger partial charge in [0.25, 0.3) is 0 Å². The van der Waals surface area contributed by atoms with Crippen molar-refractivity contribution in [1.82, 2.24) is 0 Å². The van der Waals surface area contributed by atoms with Crippen molar-refractivity contribution in [1.29, 1.82) is 0 Å². The maximum atomic E-state index is 10.6. The normalized spacial score (nSPS) is 15.5. The van der Waals surface area contributed by atoms with Crippen LogP contribution in [-0.2, 0) is 0 Å². The predicted molar refractivity (Wildman–Crippen MR) is 50.2 cm³/mol. The Morgan fingerprint density at radius 2 is 2.23 bits per heavy atom. The van der Waals surface area contributed by atoms with Gasteiger partial charge in [-0.15, -0.1) is 0 Å². The van der Waals surface area contributed by atoms with E-state index in [-0.39, 0.29) is 0 Å². The maximum absolute atomic E-state index is 10.6. The molecule has 0 saturated heterocycles. The first kappa shape index (κ1) is 8.30. The van der Waals surface area contributed by atoms with Gasteiger partial charge in [0, 0.05) is 5.56 Å². The fraction of sp³-hybridized carbons (Fsp3) is 0.364. The first-order chi connectivity index (χ1) is 6.29. The number of benzene rings is 1. The lowest BCUT2D eigenvalue weighted by Gasteiger charge is -2.05.